The quantitative estimate of drug-likeness (QED) is 0.743. The number of β-amino-alcohol motifs (C(OH)–C–C–N with tert-alkyl or cyclic N) is 1. The van der Waals surface area contributed by atoms with Crippen molar-refractivity contribution in [3.05, 3.63) is 0 Å². The highest BCUT2D eigenvalue weighted by Crippen LogP contribution is 2.37. The van der Waals surface area contributed by atoms with Gasteiger partial charge in [-0.2, -0.15) is 0 Å². The molecule has 1 aliphatic heterocycles. The summed E-state index contributed by atoms with van der Waals surface area (Å²) in [5.74, 6) is -2.89. The van der Waals surface area contributed by atoms with E-state index < -0.39 is 12.0 Å². The van der Waals surface area contributed by atoms with Gasteiger partial charge < -0.3 is 10.0 Å². The van der Waals surface area contributed by atoms with Crippen LogP contribution in [0.15, 0.2) is 0 Å². The fourth-order valence-corrected chi connectivity index (χ4v) is 2.49. The van der Waals surface area contributed by atoms with Crippen LogP contribution in [0.2, 0.25) is 0 Å². The largest absolute Gasteiger partial charge is 0.391 e. The molecule has 1 atom stereocenters. The molecule has 1 unspecified atom stereocenters. The van der Waals surface area contributed by atoms with Crippen LogP contribution in [0.4, 0.5) is 8.78 Å². The summed E-state index contributed by atoms with van der Waals surface area (Å²) in [6, 6.07) is 0. The fraction of sp³-hybridized carbons (Fsp3) is 0.909. The van der Waals surface area contributed by atoms with E-state index in [1.54, 1.807) is 4.90 Å². The Morgan fingerprint density at radius 3 is 2.38 bits per heavy atom. The van der Waals surface area contributed by atoms with Crippen molar-refractivity contribution in [2.75, 3.05) is 13.1 Å². The van der Waals surface area contributed by atoms with Crippen molar-refractivity contribution in [3.63, 3.8) is 0 Å². The van der Waals surface area contributed by atoms with Gasteiger partial charge in [-0.1, -0.05) is 0 Å². The van der Waals surface area contributed by atoms with Crippen LogP contribution in [0, 0.1) is 5.92 Å². The maximum atomic E-state index is 12.9. The predicted molar refractivity (Wildman–Crippen MR) is 54.1 cm³/mol. The normalized spacial score (nSPS) is 30.7. The third kappa shape index (κ3) is 2.51. The van der Waals surface area contributed by atoms with Crippen molar-refractivity contribution in [1.82, 2.24) is 4.90 Å². The van der Waals surface area contributed by atoms with E-state index in [4.69, 9.17) is 0 Å². The molecule has 0 bridgehead atoms. The topological polar surface area (TPSA) is 40.5 Å². The van der Waals surface area contributed by atoms with Crippen LogP contribution < -0.4 is 0 Å². The number of amides is 1. The minimum absolute atomic E-state index is 0.0490. The number of alkyl halides is 2. The number of nitrogens with zero attached hydrogens (tertiary/aromatic N) is 1. The Morgan fingerprint density at radius 2 is 1.88 bits per heavy atom. The van der Waals surface area contributed by atoms with Crippen LogP contribution in [0.25, 0.3) is 0 Å². The summed E-state index contributed by atoms with van der Waals surface area (Å²) in [6.45, 7) is 0.929. The highest BCUT2D eigenvalue weighted by Gasteiger charge is 2.39. The van der Waals surface area contributed by atoms with Gasteiger partial charge in [0.05, 0.1) is 6.10 Å². The minimum Gasteiger partial charge on any atom is -0.391 e. The summed E-state index contributed by atoms with van der Waals surface area (Å²) in [6.07, 6.45) is 0.361. The predicted octanol–water partition coefficient (Wildman–Crippen LogP) is 1.41. The Labute approximate surface area is 93.4 Å². The zero-order valence-electron chi connectivity index (χ0n) is 9.16. The van der Waals surface area contributed by atoms with E-state index in [2.05, 4.69) is 0 Å². The highest BCUT2D eigenvalue weighted by molar-refractivity contribution is 5.79. The lowest BCUT2D eigenvalue weighted by Crippen LogP contribution is -2.38. The van der Waals surface area contributed by atoms with Gasteiger partial charge in [-0.3, -0.25) is 4.79 Å². The molecule has 1 saturated carbocycles. The van der Waals surface area contributed by atoms with Gasteiger partial charge in [-0.15, -0.1) is 0 Å². The van der Waals surface area contributed by atoms with Crippen molar-refractivity contribution >= 4 is 5.91 Å². The Hall–Kier alpha value is -0.710. The molecule has 2 aliphatic rings. The monoisotopic (exact) mass is 233 g/mol. The Balaban J connectivity index is 1.87. The van der Waals surface area contributed by atoms with Crippen LogP contribution in [0.5, 0.6) is 0 Å². The molecule has 0 spiro atoms. The van der Waals surface area contributed by atoms with E-state index in [0.717, 1.165) is 0 Å². The van der Waals surface area contributed by atoms with Gasteiger partial charge in [-0.05, 0) is 19.3 Å². The van der Waals surface area contributed by atoms with E-state index in [1.165, 1.54) is 0 Å². The summed E-state index contributed by atoms with van der Waals surface area (Å²) >= 11 is 0. The maximum absolute atomic E-state index is 12.9. The Kier molecular flexibility index (Phi) is 3.15. The van der Waals surface area contributed by atoms with Crippen molar-refractivity contribution in [1.29, 1.82) is 0 Å². The molecule has 16 heavy (non-hydrogen) atoms. The van der Waals surface area contributed by atoms with Crippen molar-refractivity contribution < 1.29 is 18.7 Å². The second-order valence-corrected chi connectivity index (χ2v) is 4.86. The van der Waals surface area contributed by atoms with Crippen LogP contribution in [-0.2, 0) is 4.79 Å². The lowest BCUT2D eigenvalue weighted by atomic mass is 9.86. The average molecular weight is 233 g/mol. The average Bonchev–Trinajstić information content (AvgIpc) is 2.64. The van der Waals surface area contributed by atoms with Crippen molar-refractivity contribution in [3.8, 4) is 0 Å². The maximum Gasteiger partial charge on any atom is 0.248 e. The number of hydrogen-bond donors (Lipinski definition) is 1. The third-order valence-electron chi connectivity index (χ3n) is 3.54. The molecule has 1 amide bonds. The molecule has 1 aliphatic carbocycles. The number of rotatable bonds is 1. The van der Waals surface area contributed by atoms with Gasteiger partial charge in [-0.25, -0.2) is 8.78 Å². The van der Waals surface area contributed by atoms with Crippen LogP contribution >= 0.6 is 0 Å². The molecule has 0 aromatic rings. The molecular formula is C11H17F2NO2. The van der Waals surface area contributed by atoms with E-state index in [0.29, 0.717) is 19.5 Å². The van der Waals surface area contributed by atoms with Crippen molar-refractivity contribution in [2.45, 2.75) is 44.1 Å². The van der Waals surface area contributed by atoms with Crippen LogP contribution in [0.3, 0.4) is 0 Å². The number of carbonyl (C=O) groups excluding carboxylic acids is 1. The van der Waals surface area contributed by atoms with Gasteiger partial charge >= 0.3 is 0 Å². The molecule has 1 N–H and O–H groups in total. The second-order valence-electron chi connectivity index (χ2n) is 4.86. The van der Waals surface area contributed by atoms with Gasteiger partial charge in [0.2, 0.25) is 11.8 Å². The molecule has 1 saturated heterocycles. The van der Waals surface area contributed by atoms with Gasteiger partial charge in [0.1, 0.15) is 0 Å². The first kappa shape index (κ1) is 11.8. The summed E-state index contributed by atoms with van der Waals surface area (Å²) in [5.41, 5.74) is 0. The molecule has 5 heteroatoms. The number of aliphatic hydroxyl groups excluding tert-OH is 1. The standard InChI is InChI=1S/C11H17F2NO2/c12-11(13)4-1-8(2-5-11)10(16)14-6-3-9(15)7-14/h8-9,15H,1-7H2. The zero-order valence-corrected chi connectivity index (χ0v) is 9.16. The molecule has 0 aromatic carbocycles. The number of aliphatic hydroxyl groups is 1. The molecule has 2 rings (SSSR count). The lowest BCUT2D eigenvalue weighted by molar-refractivity contribution is -0.138. The molecule has 0 radical (unpaired) electrons. The SMILES string of the molecule is O=C(C1CCC(F)(F)CC1)N1CCC(O)C1. The number of hydrogen-bond acceptors (Lipinski definition) is 2. The highest BCUT2D eigenvalue weighted by atomic mass is 19.3. The zero-order chi connectivity index (χ0) is 11.8. The van der Waals surface area contributed by atoms with Crippen molar-refractivity contribution in [2.24, 2.45) is 5.92 Å². The summed E-state index contributed by atoms with van der Waals surface area (Å²) in [5, 5.41) is 9.32. The lowest BCUT2D eigenvalue weighted by Gasteiger charge is -2.30. The molecular weight excluding hydrogens is 216 g/mol. The first-order chi connectivity index (χ1) is 7.48. The molecule has 3 nitrogen and oxygen atoms in total. The van der Waals surface area contributed by atoms with E-state index >= 15 is 0 Å². The molecule has 2 fully saturated rings. The summed E-state index contributed by atoms with van der Waals surface area (Å²) in [4.78, 5) is 13.5. The van der Waals surface area contributed by atoms with Gasteiger partial charge in [0, 0.05) is 31.8 Å². The molecule has 92 valence electrons. The van der Waals surface area contributed by atoms with Gasteiger partial charge in [0.25, 0.3) is 0 Å². The van der Waals surface area contributed by atoms with E-state index in [9.17, 15) is 18.7 Å². The first-order valence-corrected chi connectivity index (χ1v) is 5.83. The van der Waals surface area contributed by atoms with Crippen LogP contribution in [-0.4, -0.2) is 41.0 Å². The fourth-order valence-electron chi connectivity index (χ4n) is 2.49. The molecule has 0 aromatic heterocycles. The number of carbonyl (C=O) groups is 1. The van der Waals surface area contributed by atoms with E-state index in [-0.39, 0.29) is 37.5 Å². The smallest absolute Gasteiger partial charge is 0.248 e. The molecule has 1 heterocycles. The second kappa shape index (κ2) is 4.28. The third-order valence-corrected chi connectivity index (χ3v) is 3.54. The number of halogens is 2. The summed E-state index contributed by atoms with van der Waals surface area (Å²) < 4.78 is 25.8. The van der Waals surface area contributed by atoms with Gasteiger partial charge in [0.15, 0.2) is 0 Å². The summed E-state index contributed by atoms with van der Waals surface area (Å²) in [7, 11) is 0. The van der Waals surface area contributed by atoms with Crippen LogP contribution in [0.1, 0.15) is 32.1 Å². The Morgan fingerprint density at radius 1 is 1.25 bits per heavy atom. The first-order valence-electron chi connectivity index (χ1n) is 5.83. The Bertz CT molecular complexity index is 273. The minimum atomic E-state index is -2.58. The number of likely N-dealkylation sites (tertiary alicyclic amines) is 1. The van der Waals surface area contributed by atoms with E-state index in [1.807, 2.05) is 0 Å².